The van der Waals surface area contributed by atoms with Gasteiger partial charge in [-0.15, -0.1) is 0 Å². The lowest BCUT2D eigenvalue weighted by Crippen LogP contribution is -2.33. The van der Waals surface area contributed by atoms with E-state index in [9.17, 15) is 14.4 Å². The van der Waals surface area contributed by atoms with Crippen LogP contribution in [0.25, 0.3) is 10.4 Å². The van der Waals surface area contributed by atoms with Gasteiger partial charge in [0.1, 0.15) is 18.9 Å². The Morgan fingerprint density at radius 3 is 2.93 bits per heavy atom. The Balaban J connectivity index is 1.94. The Bertz CT molecular complexity index is 829. The quantitative estimate of drug-likeness (QED) is 0.207. The molecule has 1 aromatic rings. The summed E-state index contributed by atoms with van der Waals surface area (Å²) in [5.41, 5.74) is 7.92. The number of nitrogens with one attached hydrogen (secondary N) is 1. The number of H-pyrrole nitrogens is 1. The van der Waals surface area contributed by atoms with Crippen molar-refractivity contribution in [2.75, 3.05) is 19.8 Å². The lowest BCUT2D eigenvalue weighted by molar-refractivity contribution is -0.0423. The Morgan fingerprint density at radius 1 is 1.43 bits per heavy atom. The molecule has 12 heteroatoms. The second-order valence-electron chi connectivity index (χ2n) is 6.31. The maximum absolute atomic E-state index is 12.0. The summed E-state index contributed by atoms with van der Waals surface area (Å²) in [4.78, 5) is 40.1. The Kier molecular flexibility index (Phi) is 8.05. The molecule has 1 fully saturated rings. The number of aliphatic hydroxyl groups excluding tert-OH is 1. The minimum Gasteiger partial charge on any atom is -0.434 e. The fourth-order valence-electron chi connectivity index (χ4n) is 2.76. The van der Waals surface area contributed by atoms with Gasteiger partial charge in [-0.25, -0.2) is 9.59 Å². The molecule has 3 unspecified atom stereocenters. The molecular weight excluding hydrogens is 374 g/mol. The van der Waals surface area contributed by atoms with Gasteiger partial charge in [0.15, 0.2) is 0 Å². The number of aliphatic hydroxyl groups is 1. The van der Waals surface area contributed by atoms with Crippen LogP contribution in [0, 0.1) is 6.92 Å². The molecule has 2 rings (SSSR count). The third kappa shape index (κ3) is 5.84. The van der Waals surface area contributed by atoms with Crippen LogP contribution in [0.2, 0.25) is 0 Å². The number of carbonyl (C=O) groups is 1. The summed E-state index contributed by atoms with van der Waals surface area (Å²) < 4.78 is 16.8. The van der Waals surface area contributed by atoms with E-state index >= 15 is 0 Å². The zero-order chi connectivity index (χ0) is 20.5. The fourth-order valence-corrected chi connectivity index (χ4v) is 2.76. The first kappa shape index (κ1) is 21.5. The van der Waals surface area contributed by atoms with E-state index in [0.717, 1.165) is 6.42 Å². The van der Waals surface area contributed by atoms with E-state index in [-0.39, 0.29) is 26.2 Å². The third-order valence-corrected chi connectivity index (χ3v) is 4.25. The highest BCUT2D eigenvalue weighted by molar-refractivity contribution is 5.59. The number of hydrogen-bond acceptors (Lipinski definition) is 8. The summed E-state index contributed by atoms with van der Waals surface area (Å²) in [6.45, 7) is 1.58. The second-order valence-corrected chi connectivity index (χ2v) is 6.31. The molecule has 0 amide bonds. The monoisotopic (exact) mass is 397 g/mol. The highest BCUT2D eigenvalue weighted by Gasteiger charge is 2.37. The lowest BCUT2D eigenvalue weighted by atomic mass is 10.1. The molecule has 0 radical (unpaired) electrons. The number of ether oxygens (including phenoxy) is 3. The minimum atomic E-state index is -0.882. The number of nitrogens with zero attached hydrogens (tertiary/aromatic N) is 4. The number of hydrogen-bond donors (Lipinski definition) is 2. The van der Waals surface area contributed by atoms with Gasteiger partial charge in [0.05, 0.1) is 12.6 Å². The van der Waals surface area contributed by atoms with Crippen LogP contribution in [0.5, 0.6) is 0 Å². The van der Waals surface area contributed by atoms with E-state index in [0.29, 0.717) is 18.4 Å². The van der Waals surface area contributed by atoms with E-state index in [1.54, 1.807) is 6.92 Å². The lowest BCUT2D eigenvalue weighted by Gasteiger charge is -2.16. The van der Waals surface area contributed by atoms with Gasteiger partial charge in [0, 0.05) is 29.7 Å². The van der Waals surface area contributed by atoms with Crippen molar-refractivity contribution >= 4 is 6.16 Å². The van der Waals surface area contributed by atoms with Crippen molar-refractivity contribution in [2.45, 2.75) is 51.0 Å². The highest BCUT2D eigenvalue weighted by atomic mass is 16.7. The third-order valence-electron chi connectivity index (χ3n) is 4.25. The van der Waals surface area contributed by atoms with Crippen LogP contribution in [0.3, 0.4) is 0 Å². The van der Waals surface area contributed by atoms with Gasteiger partial charge in [-0.1, -0.05) is 5.11 Å². The number of azide groups is 1. The SMILES string of the molecule is Cc1cn(C2CC(N=[N+]=[N-])C(COC(=O)OCCCCCO)O2)c(=O)[nH]c1=O. The van der Waals surface area contributed by atoms with E-state index in [1.165, 1.54) is 10.8 Å². The predicted octanol–water partition coefficient (Wildman–Crippen LogP) is 1.13. The molecule has 0 spiro atoms. The zero-order valence-electron chi connectivity index (χ0n) is 15.4. The first-order valence-corrected chi connectivity index (χ1v) is 8.88. The van der Waals surface area contributed by atoms with E-state index < -0.39 is 35.8 Å². The van der Waals surface area contributed by atoms with Gasteiger partial charge < -0.3 is 19.3 Å². The molecule has 0 bridgehead atoms. The van der Waals surface area contributed by atoms with Gasteiger partial charge in [-0.3, -0.25) is 14.3 Å². The van der Waals surface area contributed by atoms with Crippen LogP contribution in [0.4, 0.5) is 4.79 Å². The van der Waals surface area contributed by atoms with Gasteiger partial charge in [0.2, 0.25) is 0 Å². The number of aryl methyl sites for hydroxylation is 1. The van der Waals surface area contributed by atoms with Gasteiger partial charge >= 0.3 is 11.8 Å². The van der Waals surface area contributed by atoms with Crippen LogP contribution >= 0.6 is 0 Å². The molecular formula is C16H23N5O7. The molecule has 1 aliphatic rings. The highest BCUT2D eigenvalue weighted by Crippen LogP contribution is 2.30. The number of rotatable bonds is 9. The first-order chi connectivity index (χ1) is 13.5. The molecule has 12 nitrogen and oxygen atoms in total. The van der Waals surface area contributed by atoms with Crippen LogP contribution < -0.4 is 11.2 Å². The van der Waals surface area contributed by atoms with Crippen molar-refractivity contribution in [1.29, 1.82) is 0 Å². The average molecular weight is 397 g/mol. The molecule has 1 aromatic heterocycles. The Hall–Kier alpha value is -2.82. The van der Waals surface area contributed by atoms with Gasteiger partial charge in [-0.2, -0.15) is 0 Å². The normalized spacial score (nSPS) is 21.1. The smallest absolute Gasteiger partial charge is 0.434 e. The maximum Gasteiger partial charge on any atom is 0.508 e. The van der Waals surface area contributed by atoms with Crippen molar-refractivity contribution in [3.8, 4) is 0 Å². The van der Waals surface area contributed by atoms with E-state index in [2.05, 4.69) is 15.0 Å². The standard InChI is InChI=1S/C16H23N5O7/c1-10-8-21(15(24)18-14(10)23)13-7-11(19-20-17)12(28-13)9-27-16(25)26-6-4-2-3-5-22/h8,11-13,22H,2-7,9H2,1H3,(H,18,23,24). The molecule has 3 atom stereocenters. The number of aromatic amines is 1. The molecule has 1 saturated heterocycles. The summed E-state index contributed by atoms with van der Waals surface area (Å²) >= 11 is 0. The van der Waals surface area contributed by atoms with Crippen molar-refractivity contribution in [3.05, 3.63) is 43.0 Å². The zero-order valence-corrected chi connectivity index (χ0v) is 15.4. The van der Waals surface area contributed by atoms with Crippen molar-refractivity contribution < 1.29 is 24.1 Å². The molecule has 0 aliphatic carbocycles. The summed E-state index contributed by atoms with van der Waals surface area (Å²) in [5, 5.41) is 12.3. The Morgan fingerprint density at radius 2 is 2.21 bits per heavy atom. The van der Waals surface area contributed by atoms with Crippen LogP contribution in [-0.2, 0) is 14.2 Å². The second kappa shape index (κ2) is 10.5. The summed E-state index contributed by atoms with van der Waals surface area (Å²) in [6.07, 6.45) is 1.09. The topological polar surface area (TPSA) is 169 Å². The van der Waals surface area contributed by atoms with Crippen LogP contribution in [-0.4, -0.2) is 52.8 Å². The summed E-state index contributed by atoms with van der Waals surface area (Å²) in [6, 6.07) is -0.661. The molecule has 28 heavy (non-hydrogen) atoms. The number of aromatic nitrogens is 2. The van der Waals surface area contributed by atoms with Crippen molar-refractivity contribution in [3.63, 3.8) is 0 Å². The summed E-state index contributed by atoms with van der Waals surface area (Å²) in [7, 11) is 0. The summed E-state index contributed by atoms with van der Waals surface area (Å²) in [5.74, 6) is 0. The maximum atomic E-state index is 12.0. The van der Waals surface area contributed by atoms with E-state index in [1.807, 2.05) is 0 Å². The van der Waals surface area contributed by atoms with Gasteiger partial charge in [0.25, 0.3) is 5.56 Å². The fraction of sp³-hybridized carbons (Fsp3) is 0.688. The van der Waals surface area contributed by atoms with Crippen LogP contribution in [0.1, 0.15) is 37.5 Å². The largest absolute Gasteiger partial charge is 0.508 e. The Labute approximate surface area is 159 Å². The average Bonchev–Trinajstić information content (AvgIpc) is 3.06. The molecule has 0 saturated carbocycles. The van der Waals surface area contributed by atoms with Crippen molar-refractivity contribution in [1.82, 2.24) is 9.55 Å². The predicted molar refractivity (Wildman–Crippen MR) is 95.8 cm³/mol. The number of carbonyl (C=O) groups excluding carboxylic acids is 1. The van der Waals surface area contributed by atoms with E-state index in [4.69, 9.17) is 24.8 Å². The molecule has 0 aromatic carbocycles. The van der Waals surface area contributed by atoms with Crippen LogP contribution in [0.15, 0.2) is 20.9 Å². The molecule has 154 valence electrons. The molecule has 2 heterocycles. The molecule has 1 aliphatic heterocycles. The molecule has 2 N–H and O–H groups in total. The number of unbranched alkanes of at least 4 members (excludes halogenated alkanes) is 2. The van der Waals surface area contributed by atoms with Gasteiger partial charge in [-0.05, 0) is 31.7 Å². The first-order valence-electron chi connectivity index (χ1n) is 8.88. The minimum absolute atomic E-state index is 0.0867. The van der Waals surface area contributed by atoms with Crippen molar-refractivity contribution in [2.24, 2.45) is 5.11 Å².